The first-order valence-electron chi connectivity index (χ1n) is 9.03. The van der Waals surface area contributed by atoms with Gasteiger partial charge in [0.25, 0.3) is 0 Å². The molecule has 0 aromatic carbocycles. The van der Waals surface area contributed by atoms with Gasteiger partial charge in [0.2, 0.25) is 5.91 Å². The molecule has 0 spiro atoms. The van der Waals surface area contributed by atoms with Crippen LogP contribution in [0.15, 0.2) is 6.20 Å². The fraction of sp³-hybridized carbons (Fsp3) is 0.706. The van der Waals surface area contributed by atoms with Gasteiger partial charge in [-0.1, -0.05) is 0 Å². The fourth-order valence-corrected chi connectivity index (χ4v) is 4.10. The second kappa shape index (κ2) is 8.14. The highest BCUT2D eigenvalue weighted by molar-refractivity contribution is 7.15. The highest BCUT2D eigenvalue weighted by Gasteiger charge is 2.27. The molecule has 2 fully saturated rings. The van der Waals surface area contributed by atoms with Crippen molar-refractivity contribution in [1.29, 1.82) is 0 Å². The summed E-state index contributed by atoms with van der Waals surface area (Å²) in [6.07, 6.45) is 5.19. The molecule has 1 aromatic heterocycles. The van der Waals surface area contributed by atoms with E-state index in [9.17, 15) is 9.59 Å². The average molecular weight is 366 g/mol. The number of nitrogens with one attached hydrogen (secondary N) is 1. The largest absolute Gasteiger partial charge is 0.339 e. The molecule has 1 unspecified atom stereocenters. The van der Waals surface area contributed by atoms with E-state index in [1.165, 1.54) is 17.8 Å². The number of amides is 3. The Morgan fingerprint density at radius 1 is 1.24 bits per heavy atom. The number of hydrogen-bond acceptors (Lipinski definition) is 5. The lowest BCUT2D eigenvalue weighted by Crippen LogP contribution is -2.53. The number of likely N-dealkylation sites (tertiary alicyclic amines) is 1. The van der Waals surface area contributed by atoms with Crippen molar-refractivity contribution in [1.82, 2.24) is 19.7 Å². The molecule has 0 radical (unpaired) electrons. The number of anilines is 1. The van der Waals surface area contributed by atoms with E-state index in [4.69, 9.17) is 0 Å². The Morgan fingerprint density at radius 3 is 2.64 bits per heavy atom. The molecule has 2 saturated heterocycles. The highest BCUT2D eigenvalue weighted by Crippen LogP contribution is 2.18. The van der Waals surface area contributed by atoms with Gasteiger partial charge in [-0.15, -0.1) is 11.3 Å². The summed E-state index contributed by atoms with van der Waals surface area (Å²) in [5.41, 5.74) is 0. The zero-order chi connectivity index (χ0) is 17.8. The number of carbonyl (C=O) groups is 2. The zero-order valence-corrected chi connectivity index (χ0v) is 15.8. The summed E-state index contributed by atoms with van der Waals surface area (Å²) in [5, 5.41) is 3.48. The number of piperidine rings is 1. The first-order chi connectivity index (χ1) is 12.0. The van der Waals surface area contributed by atoms with E-state index >= 15 is 0 Å². The van der Waals surface area contributed by atoms with E-state index in [1.54, 1.807) is 11.1 Å². The molecular formula is C17H27N5O2S. The molecule has 1 N–H and O–H groups in total. The number of urea groups is 1. The molecule has 7 nitrogen and oxygen atoms in total. The van der Waals surface area contributed by atoms with Crippen molar-refractivity contribution in [2.24, 2.45) is 0 Å². The third-order valence-electron chi connectivity index (χ3n) is 4.98. The maximum absolute atomic E-state index is 12.5. The minimum atomic E-state index is -0.107. The van der Waals surface area contributed by atoms with Crippen LogP contribution in [0.2, 0.25) is 0 Å². The monoisotopic (exact) mass is 365 g/mol. The Hall–Kier alpha value is -1.67. The molecule has 3 amide bonds. The number of piperazine rings is 1. The van der Waals surface area contributed by atoms with Crippen molar-refractivity contribution in [3.63, 3.8) is 0 Å². The van der Waals surface area contributed by atoms with Gasteiger partial charge in [0, 0.05) is 49.8 Å². The lowest BCUT2D eigenvalue weighted by atomic mass is 10.0. The predicted molar refractivity (Wildman–Crippen MR) is 98.9 cm³/mol. The Bertz CT molecular complexity index is 612. The zero-order valence-electron chi connectivity index (χ0n) is 15.0. The summed E-state index contributed by atoms with van der Waals surface area (Å²) < 4.78 is 0. The van der Waals surface area contributed by atoms with Gasteiger partial charge in [-0.25, -0.2) is 9.78 Å². The highest BCUT2D eigenvalue weighted by atomic mass is 32.1. The second-order valence-electron chi connectivity index (χ2n) is 6.90. The minimum absolute atomic E-state index is 0.107. The molecule has 2 aliphatic rings. The van der Waals surface area contributed by atoms with Crippen molar-refractivity contribution in [3.8, 4) is 0 Å². The lowest BCUT2D eigenvalue weighted by Gasteiger charge is -2.37. The van der Waals surface area contributed by atoms with Crippen LogP contribution in [0.3, 0.4) is 0 Å². The molecule has 1 aromatic rings. The maximum Gasteiger partial charge on any atom is 0.323 e. The number of carbonyl (C=O) groups excluding carboxylic acids is 2. The van der Waals surface area contributed by atoms with Gasteiger partial charge in [0.05, 0.1) is 6.54 Å². The second-order valence-corrected chi connectivity index (χ2v) is 8.14. The van der Waals surface area contributed by atoms with Gasteiger partial charge in [-0.3, -0.25) is 15.0 Å². The van der Waals surface area contributed by atoms with E-state index in [2.05, 4.69) is 22.1 Å². The Kier molecular flexibility index (Phi) is 5.90. The van der Waals surface area contributed by atoms with E-state index in [-0.39, 0.29) is 11.9 Å². The van der Waals surface area contributed by atoms with E-state index < -0.39 is 0 Å². The Balaban J connectivity index is 1.43. The van der Waals surface area contributed by atoms with Crippen molar-refractivity contribution < 1.29 is 9.59 Å². The number of hydrogen-bond donors (Lipinski definition) is 1. The number of aryl methyl sites for hydroxylation is 1. The number of nitrogens with zero attached hydrogens (tertiary/aromatic N) is 4. The van der Waals surface area contributed by atoms with Crippen LogP contribution in [0.25, 0.3) is 0 Å². The van der Waals surface area contributed by atoms with Gasteiger partial charge in [0.1, 0.15) is 0 Å². The molecule has 25 heavy (non-hydrogen) atoms. The third-order valence-corrected chi connectivity index (χ3v) is 5.81. The van der Waals surface area contributed by atoms with Crippen LogP contribution in [-0.4, -0.2) is 76.9 Å². The van der Waals surface area contributed by atoms with Crippen molar-refractivity contribution in [2.75, 3.05) is 44.6 Å². The average Bonchev–Trinajstić information content (AvgIpc) is 3.00. The summed E-state index contributed by atoms with van der Waals surface area (Å²) in [5.74, 6) is 0.225. The molecule has 138 valence electrons. The first-order valence-corrected chi connectivity index (χ1v) is 9.85. The molecule has 0 bridgehead atoms. The molecule has 3 rings (SSSR count). The number of thiazole rings is 1. The van der Waals surface area contributed by atoms with Crippen molar-refractivity contribution in [2.45, 2.75) is 39.2 Å². The van der Waals surface area contributed by atoms with Crippen LogP contribution in [0.5, 0.6) is 0 Å². The summed E-state index contributed by atoms with van der Waals surface area (Å²) in [7, 11) is 0. The van der Waals surface area contributed by atoms with E-state index in [1.807, 2.05) is 11.8 Å². The number of rotatable bonds is 3. The first kappa shape index (κ1) is 18.1. The van der Waals surface area contributed by atoms with Crippen LogP contribution in [0.1, 0.15) is 31.1 Å². The normalized spacial score (nSPS) is 22.1. The summed E-state index contributed by atoms with van der Waals surface area (Å²) in [6.45, 7) is 8.20. The van der Waals surface area contributed by atoms with Gasteiger partial charge in [0.15, 0.2) is 5.13 Å². The molecule has 8 heteroatoms. The van der Waals surface area contributed by atoms with Crippen LogP contribution >= 0.6 is 11.3 Å². The summed E-state index contributed by atoms with van der Waals surface area (Å²) >= 11 is 1.47. The third kappa shape index (κ3) is 4.70. The van der Waals surface area contributed by atoms with Gasteiger partial charge in [-0.05, 0) is 33.1 Å². The van der Waals surface area contributed by atoms with Crippen LogP contribution in [0, 0.1) is 6.92 Å². The molecule has 0 saturated carbocycles. The standard InChI is InChI=1S/C17H27N5O2S/c1-13-5-3-4-6-22(13)15(23)12-20-7-9-21(10-8-20)17(24)19-16-18-11-14(2)25-16/h11,13H,3-10,12H2,1-2H3,(H,18,19,24). The topological polar surface area (TPSA) is 68.8 Å². The smallest absolute Gasteiger partial charge is 0.323 e. The lowest BCUT2D eigenvalue weighted by molar-refractivity contribution is -0.136. The number of aromatic nitrogens is 1. The van der Waals surface area contributed by atoms with Crippen LogP contribution in [0.4, 0.5) is 9.93 Å². The predicted octanol–water partition coefficient (Wildman–Crippen LogP) is 2.00. The van der Waals surface area contributed by atoms with Gasteiger partial charge in [-0.2, -0.15) is 0 Å². The summed E-state index contributed by atoms with van der Waals surface area (Å²) in [4.78, 5) is 36.0. The maximum atomic E-state index is 12.5. The van der Waals surface area contributed by atoms with Crippen LogP contribution < -0.4 is 5.32 Å². The quantitative estimate of drug-likeness (QED) is 0.890. The fourth-order valence-electron chi connectivity index (χ4n) is 3.44. The van der Waals surface area contributed by atoms with Crippen LogP contribution in [-0.2, 0) is 4.79 Å². The van der Waals surface area contributed by atoms with Crippen molar-refractivity contribution in [3.05, 3.63) is 11.1 Å². The minimum Gasteiger partial charge on any atom is -0.339 e. The van der Waals surface area contributed by atoms with E-state index in [0.29, 0.717) is 30.8 Å². The Morgan fingerprint density at radius 2 is 2.00 bits per heavy atom. The molecule has 2 aliphatic heterocycles. The summed E-state index contributed by atoms with van der Waals surface area (Å²) in [6, 6.07) is 0.250. The van der Waals surface area contributed by atoms with Gasteiger partial charge < -0.3 is 9.80 Å². The van der Waals surface area contributed by atoms with E-state index in [0.717, 1.165) is 37.4 Å². The van der Waals surface area contributed by atoms with Gasteiger partial charge >= 0.3 is 6.03 Å². The Labute approximate surface area is 153 Å². The SMILES string of the molecule is Cc1cnc(NC(=O)N2CCN(CC(=O)N3CCCCC3C)CC2)s1. The molecule has 3 heterocycles. The molecule has 1 atom stereocenters. The molecular weight excluding hydrogens is 338 g/mol. The van der Waals surface area contributed by atoms with Crippen molar-refractivity contribution >= 4 is 28.4 Å². The molecule has 0 aliphatic carbocycles.